The van der Waals surface area contributed by atoms with Crippen molar-refractivity contribution in [2.24, 2.45) is 0 Å². The number of amides is 1. The summed E-state index contributed by atoms with van der Waals surface area (Å²) in [6.45, 7) is 5.51. The molecule has 0 unspecified atom stereocenters. The molecule has 2 aliphatic rings. The number of nitro groups is 2. The highest BCUT2D eigenvalue weighted by Crippen LogP contribution is 2.31. The van der Waals surface area contributed by atoms with E-state index in [1.54, 1.807) is 24.0 Å². The summed E-state index contributed by atoms with van der Waals surface area (Å²) in [6, 6.07) is 9.03. The second-order valence-electron chi connectivity index (χ2n) is 9.39. The van der Waals surface area contributed by atoms with Gasteiger partial charge in [-0.3, -0.25) is 30.3 Å². The number of carbonyl (C=O) groups is 2. The highest BCUT2D eigenvalue weighted by atomic mass is 32.1. The molecule has 1 amide bonds. The minimum absolute atomic E-state index is 0.0522. The Bertz CT molecular complexity index is 1400. The number of ether oxygens (including phenoxy) is 2. The van der Waals surface area contributed by atoms with Crippen molar-refractivity contribution in [1.29, 1.82) is 0 Å². The van der Waals surface area contributed by atoms with E-state index >= 15 is 0 Å². The van der Waals surface area contributed by atoms with E-state index in [1.165, 1.54) is 36.4 Å². The Morgan fingerprint density at radius 1 is 0.952 bits per heavy atom. The smallest absolute Gasteiger partial charge is 0.338 e. The van der Waals surface area contributed by atoms with Gasteiger partial charge in [0.25, 0.3) is 11.4 Å². The molecule has 222 valence electrons. The van der Waals surface area contributed by atoms with E-state index in [2.05, 4.69) is 5.32 Å². The highest BCUT2D eigenvalue weighted by Gasteiger charge is 2.27. The Balaban J connectivity index is 1.34. The lowest BCUT2D eigenvalue weighted by Gasteiger charge is -2.36. The van der Waals surface area contributed by atoms with Gasteiger partial charge in [0.1, 0.15) is 11.4 Å². The zero-order valence-electron chi connectivity index (χ0n) is 22.9. The highest BCUT2D eigenvalue weighted by molar-refractivity contribution is 7.80. The van der Waals surface area contributed by atoms with Crippen molar-refractivity contribution in [1.82, 2.24) is 10.2 Å². The van der Waals surface area contributed by atoms with Crippen molar-refractivity contribution in [2.75, 3.05) is 68.9 Å². The van der Waals surface area contributed by atoms with E-state index in [4.69, 9.17) is 21.7 Å². The van der Waals surface area contributed by atoms with Gasteiger partial charge in [-0.2, -0.15) is 0 Å². The number of nitrogens with zero attached hydrogens (tertiary/aromatic N) is 5. The Morgan fingerprint density at radius 2 is 1.55 bits per heavy atom. The minimum atomic E-state index is -0.629. The average molecular weight is 599 g/mol. The molecule has 0 aromatic heterocycles. The fraction of sp³-hybridized carbons (Fsp3) is 0.370. The molecule has 1 N–H and O–H groups in total. The molecule has 42 heavy (non-hydrogen) atoms. The molecule has 0 radical (unpaired) electrons. The molecule has 0 aliphatic carbocycles. The lowest BCUT2D eigenvalue weighted by molar-refractivity contribution is -0.384. The van der Waals surface area contributed by atoms with Gasteiger partial charge in [0.05, 0.1) is 35.2 Å². The maximum atomic E-state index is 12.6. The molecule has 0 bridgehead atoms. The zero-order chi connectivity index (χ0) is 30.2. The number of hydrogen-bond donors (Lipinski definition) is 1. The molecule has 2 aromatic rings. The average Bonchev–Trinajstić information content (AvgIpc) is 3.00. The van der Waals surface area contributed by atoms with E-state index in [-0.39, 0.29) is 28.7 Å². The van der Waals surface area contributed by atoms with Crippen LogP contribution in [0.1, 0.15) is 22.8 Å². The van der Waals surface area contributed by atoms with Crippen LogP contribution in [0.5, 0.6) is 0 Å². The molecule has 2 saturated heterocycles. The Kier molecular flexibility index (Phi) is 9.98. The van der Waals surface area contributed by atoms with Gasteiger partial charge in [-0.15, -0.1) is 0 Å². The number of piperazine rings is 1. The summed E-state index contributed by atoms with van der Waals surface area (Å²) in [7, 11) is 0. The van der Waals surface area contributed by atoms with Crippen LogP contribution in [0, 0.1) is 20.2 Å². The summed E-state index contributed by atoms with van der Waals surface area (Å²) >= 11 is 5.40. The maximum Gasteiger partial charge on any atom is 0.338 e. The first kappa shape index (κ1) is 30.3. The maximum absolute atomic E-state index is 12.6. The van der Waals surface area contributed by atoms with Crippen molar-refractivity contribution in [3.63, 3.8) is 0 Å². The zero-order valence-corrected chi connectivity index (χ0v) is 23.7. The van der Waals surface area contributed by atoms with Crippen LogP contribution in [-0.2, 0) is 14.3 Å². The third-order valence-electron chi connectivity index (χ3n) is 6.80. The van der Waals surface area contributed by atoms with E-state index in [0.29, 0.717) is 69.4 Å². The van der Waals surface area contributed by atoms with Gasteiger partial charge in [0.2, 0.25) is 5.91 Å². The largest absolute Gasteiger partial charge is 0.462 e. The molecular weight excluding hydrogens is 568 g/mol. The van der Waals surface area contributed by atoms with E-state index in [1.807, 2.05) is 9.80 Å². The molecule has 14 nitrogen and oxygen atoms in total. The normalized spacial score (nSPS) is 15.4. The number of anilines is 2. The molecule has 0 atom stereocenters. The van der Waals surface area contributed by atoms with Crippen molar-refractivity contribution >= 4 is 58.0 Å². The van der Waals surface area contributed by atoms with Crippen molar-refractivity contribution in [3.8, 4) is 0 Å². The number of thiocarbonyl (C=S) groups is 1. The first-order valence-electron chi connectivity index (χ1n) is 13.3. The lowest BCUT2D eigenvalue weighted by Crippen LogP contribution is -2.52. The topological polar surface area (TPSA) is 161 Å². The second kappa shape index (κ2) is 13.8. The van der Waals surface area contributed by atoms with Crippen LogP contribution in [0.25, 0.3) is 6.08 Å². The monoisotopic (exact) mass is 598 g/mol. The molecule has 2 heterocycles. The Hall–Kier alpha value is -4.63. The second-order valence-corrected chi connectivity index (χ2v) is 9.77. The Labute approximate surface area is 246 Å². The first-order valence-corrected chi connectivity index (χ1v) is 13.7. The van der Waals surface area contributed by atoms with Gasteiger partial charge in [-0.25, -0.2) is 4.79 Å². The molecular formula is C27H30N6O8S. The van der Waals surface area contributed by atoms with Crippen LogP contribution in [0.2, 0.25) is 0 Å². The van der Waals surface area contributed by atoms with Gasteiger partial charge in [0.15, 0.2) is 5.11 Å². The van der Waals surface area contributed by atoms with E-state index in [9.17, 15) is 29.8 Å². The fourth-order valence-electron chi connectivity index (χ4n) is 4.69. The third-order valence-corrected chi connectivity index (χ3v) is 7.16. The van der Waals surface area contributed by atoms with Crippen molar-refractivity contribution < 1.29 is 28.9 Å². The lowest BCUT2D eigenvalue weighted by atomic mass is 10.1. The van der Waals surface area contributed by atoms with Gasteiger partial charge < -0.3 is 24.2 Å². The number of rotatable bonds is 8. The standard InChI is InChI=1S/C27H30N6O8S/c1-2-41-26(35)20-5-7-22(24(18-20)33(38)39)29-9-11-31(12-10-29)27(42)28-25(34)8-4-19-3-6-21(23(17-19)32(36)37)30-13-15-40-16-14-30/h3-8,17-18H,2,9-16H2,1H3,(H,28,34,42)/b8-4+. The number of hydrogen-bond acceptors (Lipinski definition) is 11. The summed E-state index contributed by atoms with van der Waals surface area (Å²) in [5.74, 6) is -1.12. The number of esters is 1. The van der Waals surface area contributed by atoms with Crippen LogP contribution < -0.4 is 15.1 Å². The quantitative estimate of drug-likeness (QED) is 0.156. The van der Waals surface area contributed by atoms with Crippen molar-refractivity contribution in [2.45, 2.75) is 6.92 Å². The number of nitro benzene ring substituents is 2. The molecule has 2 aliphatic heterocycles. The summed E-state index contributed by atoms with van der Waals surface area (Å²) in [6.07, 6.45) is 2.73. The first-order chi connectivity index (χ1) is 20.2. The summed E-state index contributed by atoms with van der Waals surface area (Å²) in [5, 5.41) is 26.2. The van der Waals surface area contributed by atoms with Gasteiger partial charge in [0, 0.05) is 57.5 Å². The van der Waals surface area contributed by atoms with Crippen LogP contribution in [0.4, 0.5) is 22.7 Å². The van der Waals surface area contributed by atoms with E-state index < -0.39 is 21.7 Å². The number of morpholine rings is 1. The SMILES string of the molecule is CCOC(=O)c1ccc(N2CCN(C(=S)NC(=O)/C=C/c3ccc(N4CCOCC4)c([N+](=O)[O-])c3)CC2)c([N+](=O)[O-])c1. The minimum Gasteiger partial charge on any atom is -0.462 e. The molecule has 2 fully saturated rings. The van der Waals surface area contributed by atoms with Crippen LogP contribution in [0.15, 0.2) is 42.5 Å². The molecule has 0 spiro atoms. The Morgan fingerprint density at radius 3 is 2.17 bits per heavy atom. The molecule has 15 heteroatoms. The number of nitrogens with one attached hydrogen (secondary N) is 1. The predicted octanol–water partition coefficient (Wildman–Crippen LogP) is 2.75. The van der Waals surface area contributed by atoms with Crippen molar-refractivity contribution in [3.05, 3.63) is 73.8 Å². The fourth-order valence-corrected chi connectivity index (χ4v) is 4.97. The van der Waals surface area contributed by atoms with Crippen LogP contribution in [0.3, 0.4) is 0 Å². The molecule has 2 aromatic carbocycles. The number of benzene rings is 2. The van der Waals surface area contributed by atoms with Crippen LogP contribution >= 0.6 is 12.2 Å². The molecule has 4 rings (SSSR count). The number of carbonyl (C=O) groups excluding carboxylic acids is 2. The van der Waals surface area contributed by atoms with E-state index in [0.717, 1.165) is 0 Å². The van der Waals surface area contributed by atoms with Gasteiger partial charge >= 0.3 is 5.97 Å². The summed E-state index contributed by atoms with van der Waals surface area (Å²) in [5.41, 5.74) is 1.22. The summed E-state index contributed by atoms with van der Waals surface area (Å²) in [4.78, 5) is 52.4. The predicted molar refractivity (Wildman–Crippen MR) is 159 cm³/mol. The van der Waals surface area contributed by atoms with Crippen LogP contribution in [-0.4, -0.2) is 90.8 Å². The van der Waals surface area contributed by atoms with Gasteiger partial charge in [-0.1, -0.05) is 6.07 Å². The third kappa shape index (κ3) is 7.36. The van der Waals surface area contributed by atoms with Gasteiger partial charge in [-0.05, 0) is 49.0 Å². The molecule has 0 saturated carbocycles. The summed E-state index contributed by atoms with van der Waals surface area (Å²) < 4.78 is 10.3.